The number of anilines is 1. The fourth-order valence-corrected chi connectivity index (χ4v) is 6.20. The van der Waals surface area contributed by atoms with Gasteiger partial charge in [0.25, 0.3) is 15.9 Å². The molecule has 0 radical (unpaired) electrons. The topological polar surface area (TPSA) is 86.8 Å². The first kappa shape index (κ1) is 22.5. The van der Waals surface area contributed by atoms with Crippen LogP contribution < -0.4 is 5.32 Å². The lowest BCUT2D eigenvalue weighted by atomic mass is 9.97. The third-order valence-corrected chi connectivity index (χ3v) is 8.65. The molecule has 0 bridgehead atoms. The first-order chi connectivity index (χ1) is 14.4. The SMILES string of the molecule is CCN(CC)C(=O)c1ccccc1NC(=O)C1CCN(S(=O)(=O)c2cccs2)CC1. The number of piperidine rings is 1. The van der Waals surface area contributed by atoms with Crippen molar-refractivity contribution in [1.82, 2.24) is 9.21 Å². The Morgan fingerprint density at radius 1 is 1.10 bits per heavy atom. The number of thiophene rings is 1. The molecule has 0 unspecified atom stereocenters. The summed E-state index contributed by atoms with van der Waals surface area (Å²) in [6.07, 6.45) is 0.894. The predicted octanol–water partition coefficient (Wildman–Crippen LogP) is 3.27. The molecule has 1 aromatic carbocycles. The Kier molecular flexibility index (Phi) is 7.27. The molecule has 162 valence electrons. The van der Waals surface area contributed by atoms with Crippen molar-refractivity contribution in [3.63, 3.8) is 0 Å². The van der Waals surface area contributed by atoms with Gasteiger partial charge in [-0.25, -0.2) is 8.42 Å². The van der Waals surface area contributed by atoms with Crippen molar-refractivity contribution in [2.75, 3.05) is 31.5 Å². The predicted molar refractivity (Wildman–Crippen MR) is 118 cm³/mol. The summed E-state index contributed by atoms with van der Waals surface area (Å²) in [5.74, 6) is -0.591. The molecule has 2 heterocycles. The van der Waals surface area contributed by atoms with Crippen LogP contribution in [0.5, 0.6) is 0 Å². The molecule has 9 heteroatoms. The van der Waals surface area contributed by atoms with E-state index in [0.717, 1.165) is 0 Å². The molecule has 30 heavy (non-hydrogen) atoms. The quantitative estimate of drug-likeness (QED) is 0.703. The van der Waals surface area contributed by atoms with Gasteiger partial charge in [0.15, 0.2) is 0 Å². The molecular formula is C21H27N3O4S2. The van der Waals surface area contributed by atoms with E-state index in [9.17, 15) is 18.0 Å². The average molecular weight is 450 g/mol. The van der Waals surface area contributed by atoms with Crippen LogP contribution in [0, 0.1) is 5.92 Å². The average Bonchev–Trinajstić information content (AvgIpc) is 3.31. The number of benzene rings is 1. The molecule has 0 saturated carbocycles. The number of hydrogen-bond acceptors (Lipinski definition) is 5. The van der Waals surface area contributed by atoms with E-state index in [2.05, 4.69) is 5.32 Å². The number of amides is 2. The number of hydrogen-bond donors (Lipinski definition) is 1. The normalized spacial score (nSPS) is 15.7. The minimum absolute atomic E-state index is 0.118. The molecule has 1 fully saturated rings. The first-order valence-electron chi connectivity index (χ1n) is 10.1. The summed E-state index contributed by atoms with van der Waals surface area (Å²) < 4.78 is 27.1. The Balaban J connectivity index is 1.65. The van der Waals surface area contributed by atoms with Crippen LogP contribution in [-0.2, 0) is 14.8 Å². The summed E-state index contributed by atoms with van der Waals surface area (Å²) in [7, 11) is -3.49. The highest BCUT2D eigenvalue weighted by atomic mass is 32.2. The van der Waals surface area contributed by atoms with Gasteiger partial charge in [0.05, 0.1) is 11.3 Å². The van der Waals surface area contributed by atoms with Gasteiger partial charge in [-0.05, 0) is 50.3 Å². The van der Waals surface area contributed by atoms with Gasteiger partial charge in [0.2, 0.25) is 5.91 Å². The number of rotatable bonds is 7. The van der Waals surface area contributed by atoms with Gasteiger partial charge in [-0.1, -0.05) is 18.2 Å². The molecule has 2 amide bonds. The van der Waals surface area contributed by atoms with E-state index in [0.29, 0.717) is 54.5 Å². The second-order valence-corrected chi connectivity index (χ2v) is 10.2. The molecule has 7 nitrogen and oxygen atoms in total. The fourth-order valence-electron chi connectivity index (χ4n) is 3.59. The van der Waals surface area contributed by atoms with Crippen LogP contribution >= 0.6 is 11.3 Å². The van der Waals surface area contributed by atoms with Gasteiger partial charge in [-0.15, -0.1) is 11.3 Å². The monoisotopic (exact) mass is 449 g/mol. The van der Waals surface area contributed by atoms with Crippen LogP contribution in [0.25, 0.3) is 0 Å². The van der Waals surface area contributed by atoms with Crippen molar-refractivity contribution >= 4 is 38.9 Å². The molecule has 1 aromatic heterocycles. The van der Waals surface area contributed by atoms with E-state index in [-0.39, 0.29) is 17.7 Å². The number of nitrogens with zero attached hydrogens (tertiary/aromatic N) is 2. The molecule has 1 aliphatic rings. The second kappa shape index (κ2) is 9.72. The summed E-state index contributed by atoms with van der Waals surface area (Å²) in [6, 6.07) is 10.3. The summed E-state index contributed by atoms with van der Waals surface area (Å²) >= 11 is 1.20. The number of sulfonamides is 1. The van der Waals surface area contributed by atoms with Crippen LogP contribution in [0.3, 0.4) is 0 Å². The first-order valence-corrected chi connectivity index (χ1v) is 12.4. The van der Waals surface area contributed by atoms with Gasteiger partial charge < -0.3 is 10.2 Å². The van der Waals surface area contributed by atoms with Crippen molar-refractivity contribution in [1.29, 1.82) is 0 Å². The lowest BCUT2D eigenvalue weighted by Crippen LogP contribution is -2.41. The van der Waals surface area contributed by atoms with Gasteiger partial charge >= 0.3 is 0 Å². The summed E-state index contributed by atoms with van der Waals surface area (Å²) in [4.78, 5) is 27.3. The fraction of sp³-hybridized carbons (Fsp3) is 0.429. The van der Waals surface area contributed by atoms with E-state index in [1.54, 1.807) is 46.7 Å². The van der Waals surface area contributed by atoms with Crippen molar-refractivity contribution in [3.05, 3.63) is 47.3 Å². The Hall–Kier alpha value is -2.23. The molecule has 3 rings (SSSR count). The van der Waals surface area contributed by atoms with Gasteiger partial charge in [0, 0.05) is 32.1 Å². The lowest BCUT2D eigenvalue weighted by molar-refractivity contribution is -0.120. The summed E-state index contributed by atoms with van der Waals surface area (Å²) in [6.45, 7) is 5.63. The minimum Gasteiger partial charge on any atom is -0.339 e. The van der Waals surface area contributed by atoms with E-state index in [4.69, 9.17) is 0 Å². The Morgan fingerprint density at radius 3 is 2.37 bits per heavy atom. The van der Waals surface area contributed by atoms with E-state index >= 15 is 0 Å². The number of carbonyl (C=O) groups excluding carboxylic acids is 2. The second-order valence-electron chi connectivity index (χ2n) is 7.12. The Bertz CT molecular complexity index is 977. The Morgan fingerprint density at radius 2 is 1.77 bits per heavy atom. The maximum atomic E-state index is 12.8. The zero-order valence-corrected chi connectivity index (χ0v) is 18.8. The molecule has 1 aliphatic heterocycles. The maximum absolute atomic E-state index is 12.8. The van der Waals surface area contributed by atoms with E-state index in [1.807, 2.05) is 13.8 Å². The highest BCUT2D eigenvalue weighted by Gasteiger charge is 2.33. The van der Waals surface area contributed by atoms with Crippen molar-refractivity contribution < 1.29 is 18.0 Å². The number of nitrogens with one attached hydrogen (secondary N) is 1. The number of carbonyl (C=O) groups is 2. The highest BCUT2D eigenvalue weighted by Crippen LogP contribution is 2.27. The molecule has 0 aliphatic carbocycles. The third kappa shape index (κ3) is 4.74. The van der Waals surface area contributed by atoms with Crippen LogP contribution in [-0.4, -0.2) is 55.6 Å². The molecule has 0 atom stereocenters. The van der Waals surface area contributed by atoms with Gasteiger partial charge in [-0.2, -0.15) is 4.31 Å². The largest absolute Gasteiger partial charge is 0.339 e. The number of para-hydroxylation sites is 1. The molecule has 2 aromatic rings. The minimum atomic E-state index is -3.49. The summed E-state index contributed by atoms with van der Waals surface area (Å²) in [5, 5.41) is 4.63. The molecule has 1 N–H and O–H groups in total. The van der Waals surface area contributed by atoms with Crippen LogP contribution in [0.4, 0.5) is 5.69 Å². The van der Waals surface area contributed by atoms with Gasteiger partial charge in [-0.3, -0.25) is 9.59 Å². The zero-order chi connectivity index (χ0) is 21.7. The van der Waals surface area contributed by atoms with Crippen LogP contribution in [0.2, 0.25) is 0 Å². The van der Waals surface area contributed by atoms with Gasteiger partial charge in [0.1, 0.15) is 4.21 Å². The van der Waals surface area contributed by atoms with Crippen molar-refractivity contribution in [2.45, 2.75) is 30.9 Å². The highest BCUT2D eigenvalue weighted by molar-refractivity contribution is 7.91. The van der Waals surface area contributed by atoms with Crippen molar-refractivity contribution in [3.8, 4) is 0 Å². The lowest BCUT2D eigenvalue weighted by Gasteiger charge is -2.30. The molecular weight excluding hydrogens is 422 g/mol. The molecule has 1 saturated heterocycles. The van der Waals surface area contributed by atoms with Crippen LogP contribution in [0.1, 0.15) is 37.0 Å². The molecule has 0 spiro atoms. The van der Waals surface area contributed by atoms with Crippen LogP contribution in [0.15, 0.2) is 46.0 Å². The smallest absolute Gasteiger partial charge is 0.255 e. The maximum Gasteiger partial charge on any atom is 0.255 e. The standard InChI is InChI=1S/C21H27N3O4S2/c1-3-23(4-2)21(26)17-8-5-6-9-18(17)22-20(25)16-11-13-24(14-12-16)30(27,28)19-10-7-15-29-19/h5-10,15-16H,3-4,11-14H2,1-2H3,(H,22,25). The van der Waals surface area contributed by atoms with E-state index in [1.165, 1.54) is 15.6 Å². The third-order valence-electron chi connectivity index (χ3n) is 5.38. The Labute approximate surface area is 181 Å². The summed E-state index contributed by atoms with van der Waals surface area (Å²) in [5.41, 5.74) is 0.959. The van der Waals surface area contributed by atoms with Crippen molar-refractivity contribution in [2.24, 2.45) is 5.92 Å². The van der Waals surface area contributed by atoms with E-state index < -0.39 is 10.0 Å². The zero-order valence-electron chi connectivity index (χ0n) is 17.2.